The van der Waals surface area contributed by atoms with Crippen LogP contribution in [-0.2, 0) is 17.8 Å². The molecule has 1 saturated carbocycles. The molecule has 0 aromatic carbocycles. The molecule has 33 heavy (non-hydrogen) atoms. The van der Waals surface area contributed by atoms with E-state index < -0.39 is 12.1 Å². The lowest BCUT2D eigenvalue weighted by molar-refractivity contribution is -0.192. The smallest absolute Gasteiger partial charge is 0.475 e. The summed E-state index contributed by atoms with van der Waals surface area (Å²) >= 11 is 0. The number of halogens is 3. The van der Waals surface area contributed by atoms with E-state index in [0.717, 1.165) is 35.0 Å². The maximum absolute atomic E-state index is 10.6. The first-order valence-corrected chi connectivity index (χ1v) is 10.2. The summed E-state index contributed by atoms with van der Waals surface area (Å²) in [5.41, 5.74) is 3.18. The molecule has 1 aliphatic rings. The lowest BCUT2D eigenvalue weighted by Crippen LogP contribution is -2.21. The van der Waals surface area contributed by atoms with E-state index in [9.17, 15) is 13.2 Å². The highest BCUT2D eigenvalue weighted by molar-refractivity contribution is 5.73. The van der Waals surface area contributed by atoms with Gasteiger partial charge >= 0.3 is 12.1 Å². The molecule has 1 fully saturated rings. The highest BCUT2D eigenvalue weighted by atomic mass is 19.4. The molecule has 5 rings (SSSR count). The van der Waals surface area contributed by atoms with E-state index in [0.29, 0.717) is 24.1 Å². The van der Waals surface area contributed by atoms with Crippen molar-refractivity contribution >= 4 is 11.5 Å². The molecule has 9 nitrogen and oxygen atoms in total. The predicted molar refractivity (Wildman–Crippen MR) is 110 cm³/mol. The third kappa shape index (κ3) is 4.89. The van der Waals surface area contributed by atoms with Crippen molar-refractivity contribution in [3.8, 4) is 11.5 Å². The van der Waals surface area contributed by atoms with Crippen LogP contribution in [0.15, 0.2) is 35.2 Å². The number of imidazole rings is 2. The Kier molecular flexibility index (Phi) is 5.91. The summed E-state index contributed by atoms with van der Waals surface area (Å²) in [4.78, 5) is 22.3. The van der Waals surface area contributed by atoms with Gasteiger partial charge in [0.25, 0.3) is 5.89 Å². The number of carboxylic acid groups (broad SMARTS) is 1. The van der Waals surface area contributed by atoms with Gasteiger partial charge in [-0.05, 0) is 38.8 Å². The molecule has 0 saturated heterocycles. The maximum Gasteiger partial charge on any atom is 0.490 e. The van der Waals surface area contributed by atoms with Crippen LogP contribution >= 0.6 is 0 Å². The minimum atomic E-state index is -5.08. The van der Waals surface area contributed by atoms with Crippen molar-refractivity contribution in [2.24, 2.45) is 0 Å². The van der Waals surface area contributed by atoms with Crippen LogP contribution in [0.5, 0.6) is 0 Å². The van der Waals surface area contributed by atoms with Crippen LogP contribution in [0.25, 0.3) is 17.0 Å². The molecule has 12 heteroatoms. The molecule has 174 valence electrons. The summed E-state index contributed by atoms with van der Waals surface area (Å²) in [5.74, 6) is 1.24. The average molecular weight is 462 g/mol. The molecule has 0 aliphatic heterocycles. The van der Waals surface area contributed by atoms with Gasteiger partial charge in [0.05, 0.1) is 17.3 Å². The second-order valence-electron chi connectivity index (χ2n) is 7.72. The Labute approximate surface area is 185 Å². The molecule has 0 unspecified atom stereocenters. The number of carboxylic acids is 1. The molecule has 0 spiro atoms. The fourth-order valence-corrected chi connectivity index (χ4v) is 3.45. The van der Waals surface area contributed by atoms with Crippen LogP contribution in [0.1, 0.15) is 41.9 Å². The third-order valence-electron chi connectivity index (χ3n) is 5.35. The molecule has 4 heterocycles. The number of carbonyl (C=O) groups is 1. The molecular weight excluding hydrogens is 441 g/mol. The van der Waals surface area contributed by atoms with E-state index in [-0.39, 0.29) is 0 Å². The molecule has 0 radical (unpaired) electrons. The van der Waals surface area contributed by atoms with E-state index in [2.05, 4.69) is 42.1 Å². The van der Waals surface area contributed by atoms with Gasteiger partial charge in [-0.25, -0.2) is 14.8 Å². The normalized spacial score (nSPS) is 13.7. The van der Waals surface area contributed by atoms with Crippen LogP contribution in [0.3, 0.4) is 0 Å². The van der Waals surface area contributed by atoms with Crippen LogP contribution in [0, 0.1) is 13.8 Å². The minimum absolute atomic E-state index is 0.567. The zero-order valence-corrected chi connectivity index (χ0v) is 17.9. The van der Waals surface area contributed by atoms with Gasteiger partial charge in [0.15, 0.2) is 5.82 Å². The largest absolute Gasteiger partial charge is 0.490 e. The van der Waals surface area contributed by atoms with E-state index in [4.69, 9.17) is 14.4 Å². The topological polar surface area (TPSA) is 111 Å². The van der Waals surface area contributed by atoms with Crippen molar-refractivity contribution in [1.29, 1.82) is 0 Å². The molecule has 1 N–H and O–H groups in total. The second kappa shape index (κ2) is 8.68. The Morgan fingerprint density at radius 2 is 1.97 bits per heavy atom. The first-order chi connectivity index (χ1) is 15.6. The van der Waals surface area contributed by atoms with Crippen molar-refractivity contribution in [1.82, 2.24) is 29.1 Å². The highest BCUT2D eigenvalue weighted by Crippen LogP contribution is 2.40. The minimum Gasteiger partial charge on any atom is -0.475 e. The molecule has 0 atom stereocenters. The number of rotatable bonds is 5. The number of nitrogens with zero attached hydrogens (tertiary/aromatic N) is 6. The molecule has 4 aromatic rings. The fraction of sp³-hybridized carbons (Fsp3) is 0.381. The monoisotopic (exact) mass is 462 g/mol. The number of pyridine rings is 1. The van der Waals surface area contributed by atoms with E-state index in [1.807, 2.05) is 25.4 Å². The lowest BCUT2D eigenvalue weighted by Gasteiger charge is -2.07. The summed E-state index contributed by atoms with van der Waals surface area (Å²) in [6.45, 7) is 4.87. The molecule has 0 amide bonds. The van der Waals surface area contributed by atoms with Crippen LogP contribution in [-0.4, -0.2) is 46.3 Å². The van der Waals surface area contributed by atoms with Gasteiger partial charge in [-0.3, -0.25) is 4.40 Å². The second-order valence-corrected chi connectivity index (χ2v) is 7.72. The van der Waals surface area contributed by atoms with Crippen molar-refractivity contribution in [2.45, 2.75) is 51.7 Å². The van der Waals surface area contributed by atoms with Crippen molar-refractivity contribution in [3.05, 3.63) is 53.9 Å². The molecule has 4 aromatic heterocycles. The lowest BCUT2D eigenvalue weighted by atomic mass is 10.2. The maximum atomic E-state index is 10.6. The number of hydrogen-bond donors (Lipinski definition) is 1. The Balaban J connectivity index is 0.000000325. The summed E-state index contributed by atoms with van der Waals surface area (Å²) in [7, 11) is 0. The van der Waals surface area contributed by atoms with Crippen molar-refractivity contribution in [3.63, 3.8) is 0 Å². The average Bonchev–Trinajstić information content (AvgIpc) is 3.14. The molecule has 1 aliphatic carbocycles. The zero-order valence-electron chi connectivity index (χ0n) is 17.9. The van der Waals surface area contributed by atoms with Gasteiger partial charge in [-0.15, -0.1) is 0 Å². The quantitative estimate of drug-likeness (QED) is 0.478. The van der Waals surface area contributed by atoms with Gasteiger partial charge in [-0.1, -0.05) is 5.16 Å². The van der Waals surface area contributed by atoms with Gasteiger partial charge in [-0.2, -0.15) is 18.2 Å². The summed E-state index contributed by atoms with van der Waals surface area (Å²) in [5, 5.41) is 11.3. The van der Waals surface area contributed by atoms with E-state index in [1.165, 1.54) is 12.8 Å². The first-order valence-electron chi connectivity index (χ1n) is 10.2. The number of aryl methyl sites for hydroxylation is 4. The molecular formula is C21H21F3N6O3. The van der Waals surface area contributed by atoms with Gasteiger partial charge < -0.3 is 14.2 Å². The van der Waals surface area contributed by atoms with Crippen LogP contribution < -0.4 is 0 Å². The Morgan fingerprint density at radius 3 is 2.58 bits per heavy atom. The van der Waals surface area contributed by atoms with Crippen molar-refractivity contribution < 1.29 is 27.6 Å². The summed E-state index contributed by atoms with van der Waals surface area (Å²) in [6, 6.07) is 4.11. The van der Waals surface area contributed by atoms with E-state index >= 15 is 0 Å². The highest BCUT2D eigenvalue weighted by Gasteiger charge is 2.38. The third-order valence-corrected chi connectivity index (χ3v) is 5.35. The Morgan fingerprint density at radius 1 is 1.24 bits per heavy atom. The predicted octanol–water partition coefficient (Wildman–Crippen LogP) is 3.95. The van der Waals surface area contributed by atoms with Gasteiger partial charge in [0, 0.05) is 37.0 Å². The molecule has 0 bridgehead atoms. The number of aromatic nitrogens is 6. The fourth-order valence-electron chi connectivity index (χ4n) is 3.45. The number of aliphatic carboxylic acids is 1. The Hall–Kier alpha value is -3.70. The number of alkyl halides is 3. The SMILES string of the molecule is Cc1nccn1CCc1noc(-c2ccc3cnc(C4CC4)n3c2C)n1.O=C(O)C(F)(F)F. The number of hydrogen-bond acceptors (Lipinski definition) is 6. The summed E-state index contributed by atoms with van der Waals surface area (Å²) in [6.07, 6.45) is 3.78. The number of fused-ring (bicyclic) bond motifs is 1. The first kappa shape index (κ1) is 22.5. The summed E-state index contributed by atoms with van der Waals surface area (Å²) < 4.78 is 41.6. The van der Waals surface area contributed by atoms with Crippen LogP contribution in [0.4, 0.5) is 13.2 Å². The van der Waals surface area contributed by atoms with Gasteiger partial charge in [0.2, 0.25) is 0 Å². The van der Waals surface area contributed by atoms with Crippen LogP contribution in [0.2, 0.25) is 0 Å². The Bertz CT molecular complexity index is 1290. The van der Waals surface area contributed by atoms with E-state index in [1.54, 1.807) is 6.20 Å². The standard InChI is InChI=1S/C19H20N6O.C2HF3O2/c1-12-16(6-5-15-11-21-18(25(12)15)14-3-4-14)19-22-17(23-26-19)7-9-24-10-8-20-13(24)2;3-2(4,5)1(6)7/h5-6,8,10-11,14H,3-4,7,9H2,1-2H3;(H,6,7). The van der Waals surface area contributed by atoms with Gasteiger partial charge in [0.1, 0.15) is 11.6 Å². The van der Waals surface area contributed by atoms with Crippen molar-refractivity contribution in [2.75, 3.05) is 0 Å². The zero-order chi connectivity index (χ0) is 23.8.